The van der Waals surface area contributed by atoms with Crippen LogP contribution in [0.5, 0.6) is 0 Å². The molecule has 1 saturated heterocycles. The van der Waals surface area contributed by atoms with Crippen LogP contribution in [0.3, 0.4) is 0 Å². The van der Waals surface area contributed by atoms with Gasteiger partial charge in [-0.3, -0.25) is 4.79 Å². The van der Waals surface area contributed by atoms with Crippen molar-refractivity contribution in [1.29, 1.82) is 0 Å². The van der Waals surface area contributed by atoms with Gasteiger partial charge < -0.3 is 20.3 Å². The number of rotatable bonds is 6. The summed E-state index contributed by atoms with van der Waals surface area (Å²) < 4.78 is 5.63. The number of nitrogens with one attached hydrogen (secondary N) is 2. The van der Waals surface area contributed by atoms with Crippen LogP contribution in [0.4, 0.5) is 5.69 Å². The molecule has 0 atom stereocenters. The van der Waals surface area contributed by atoms with Crippen LogP contribution in [-0.2, 0) is 9.53 Å². The molecule has 2 aromatic rings. The minimum Gasteiger partial charge on any atom is -0.465 e. The summed E-state index contributed by atoms with van der Waals surface area (Å²) in [6, 6.07) is 5.61. The number of benzene rings is 1. The van der Waals surface area contributed by atoms with Crippen LogP contribution in [0, 0.1) is 0 Å². The smallest absolute Gasteiger partial charge is 0.349 e. The van der Waals surface area contributed by atoms with E-state index < -0.39 is 5.97 Å². The standard InChI is InChI=1S/C18H20ClN3O3S2/c1-25-17(24)16-15(19)12-6-5-11(10-13(12)27-16)21-18(26)20-7-3-9-22-8-2-4-14(22)23/h5-6,10H,2-4,7-9H2,1H3,(H2,20,21,26). The van der Waals surface area contributed by atoms with Gasteiger partial charge in [0.05, 0.1) is 12.1 Å². The van der Waals surface area contributed by atoms with E-state index in [1.54, 1.807) is 0 Å². The molecule has 1 fully saturated rings. The van der Waals surface area contributed by atoms with Crippen molar-refractivity contribution in [3.05, 3.63) is 28.1 Å². The lowest BCUT2D eigenvalue weighted by Crippen LogP contribution is -2.32. The minimum absolute atomic E-state index is 0.241. The highest BCUT2D eigenvalue weighted by molar-refractivity contribution is 7.80. The van der Waals surface area contributed by atoms with E-state index in [0.29, 0.717) is 28.0 Å². The number of hydrogen-bond donors (Lipinski definition) is 2. The fourth-order valence-electron chi connectivity index (χ4n) is 2.95. The zero-order valence-corrected chi connectivity index (χ0v) is 17.2. The van der Waals surface area contributed by atoms with E-state index in [1.165, 1.54) is 18.4 Å². The molecule has 0 radical (unpaired) electrons. The van der Waals surface area contributed by atoms with Gasteiger partial charge in [-0.2, -0.15) is 0 Å². The lowest BCUT2D eigenvalue weighted by atomic mass is 10.2. The van der Waals surface area contributed by atoms with E-state index in [1.807, 2.05) is 23.1 Å². The van der Waals surface area contributed by atoms with Gasteiger partial charge in [-0.25, -0.2) is 4.79 Å². The van der Waals surface area contributed by atoms with Crippen LogP contribution < -0.4 is 10.6 Å². The number of ether oxygens (including phenoxy) is 1. The summed E-state index contributed by atoms with van der Waals surface area (Å²) in [4.78, 5) is 25.6. The SMILES string of the molecule is COC(=O)c1sc2cc(NC(=S)NCCCN3CCCC3=O)ccc2c1Cl. The van der Waals surface area contributed by atoms with Crippen LogP contribution in [0.25, 0.3) is 10.1 Å². The maximum atomic E-state index is 11.8. The number of esters is 1. The van der Waals surface area contributed by atoms with Crippen LogP contribution in [0.15, 0.2) is 18.2 Å². The molecule has 0 aliphatic carbocycles. The van der Waals surface area contributed by atoms with Gasteiger partial charge in [0.15, 0.2) is 5.11 Å². The number of fused-ring (bicyclic) bond motifs is 1. The molecule has 144 valence electrons. The van der Waals surface area contributed by atoms with Crippen molar-refractivity contribution in [2.24, 2.45) is 0 Å². The summed E-state index contributed by atoms with van der Waals surface area (Å²) in [5, 5.41) is 8.01. The Balaban J connectivity index is 1.53. The van der Waals surface area contributed by atoms with Crippen LogP contribution >= 0.6 is 35.2 Å². The third-order valence-corrected chi connectivity index (χ3v) is 6.20. The van der Waals surface area contributed by atoms with Crippen molar-refractivity contribution in [3.63, 3.8) is 0 Å². The zero-order chi connectivity index (χ0) is 19.4. The Hall–Kier alpha value is -1.90. The Morgan fingerprint density at radius 3 is 2.96 bits per heavy atom. The van der Waals surface area contributed by atoms with Gasteiger partial charge >= 0.3 is 5.97 Å². The molecule has 0 bridgehead atoms. The van der Waals surface area contributed by atoms with Crippen LogP contribution in [0.2, 0.25) is 5.02 Å². The fraction of sp³-hybridized carbons (Fsp3) is 0.389. The maximum absolute atomic E-state index is 11.8. The van der Waals surface area contributed by atoms with Crippen LogP contribution in [-0.4, -0.2) is 48.6 Å². The van der Waals surface area contributed by atoms with Gasteiger partial charge in [0.1, 0.15) is 4.88 Å². The Labute approximate surface area is 171 Å². The van der Waals surface area contributed by atoms with E-state index in [9.17, 15) is 9.59 Å². The molecule has 27 heavy (non-hydrogen) atoms. The number of thiophene rings is 1. The molecule has 6 nitrogen and oxygen atoms in total. The molecule has 1 aliphatic rings. The second kappa shape index (κ2) is 8.86. The molecular formula is C18H20ClN3O3S2. The number of carbonyl (C=O) groups excluding carboxylic acids is 2. The Morgan fingerprint density at radius 2 is 2.26 bits per heavy atom. The van der Waals surface area contributed by atoms with E-state index in [-0.39, 0.29) is 5.91 Å². The zero-order valence-electron chi connectivity index (χ0n) is 14.8. The van der Waals surface area contributed by atoms with Crippen molar-refractivity contribution in [2.75, 3.05) is 32.1 Å². The summed E-state index contributed by atoms with van der Waals surface area (Å²) >= 11 is 12.9. The molecular weight excluding hydrogens is 406 g/mol. The predicted octanol–water partition coefficient (Wildman–Crippen LogP) is 3.64. The average Bonchev–Trinajstić information content (AvgIpc) is 3.21. The van der Waals surface area contributed by atoms with Crippen molar-refractivity contribution in [2.45, 2.75) is 19.3 Å². The highest BCUT2D eigenvalue weighted by Crippen LogP contribution is 2.37. The first-order valence-electron chi connectivity index (χ1n) is 8.62. The van der Waals surface area contributed by atoms with Crippen molar-refractivity contribution >= 4 is 67.9 Å². The van der Waals surface area contributed by atoms with E-state index in [0.717, 1.165) is 41.7 Å². The number of carbonyl (C=O) groups is 2. The number of anilines is 1. The third kappa shape index (κ3) is 4.69. The third-order valence-electron chi connectivity index (χ3n) is 4.32. The summed E-state index contributed by atoms with van der Waals surface area (Å²) in [5.41, 5.74) is 0.809. The normalized spacial score (nSPS) is 13.9. The highest BCUT2D eigenvalue weighted by atomic mass is 35.5. The molecule has 3 rings (SSSR count). The topological polar surface area (TPSA) is 70.7 Å². The van der Waals surface area contributed by atoms with Crippen molar-refractivity contribution in [3.8, 4) is 0 Å². The number of methoxy groups -OCH3 is 1. The minimum atomic E-state index is -0.440. The molecule has 0 unspecified atom stereocenters. The predicted molar refractivity (Wildman–Crippen MR) is 113 cm³/mol. The van der Waals surface area contributed by atoms with Gasteiger partial charge in [0.2, 0.25) is 5.91 Å². The molecule has 2 N–H and O–H groups in total. The van der Waals surface area contributed by atoms with Gasteiger partial charge in [0, 0.05) is 41.8 Å². The number of halogens is 1. The second-order valence-electron chi connectivity index (χ2n) is 6.17. The summed E-state index contributed by atoms with van der Waals surface area (Å²) in [6.45, 7) is 2.30. The summed E-state index contributed by atoms with van der Waals surface area (Å²) in [5.74, 6) is -0.200. The number of amides is 1. The summed E-state index contributed by atoms with van der Waals surface area (Å²) in [6.07, 6.45) is 2.47. The molecule has 2 heterocycles. The quantitative estimate of drug-likeness (QED) is 0.418. The van der Waals surface area contributed by atoms with Gasteiger partial charge in [-0.15, -0.1) is 11.3 Å². The molecule has 1 aromatic heterocycles. The highest BCUT2D eigenvalue weighted by Gasteiger charge is 2.19. The first-order chi connectivity index (χ1) is 13.0. The Kier molecular flexibility index (Phi) is 6.51. The second-order valence-corrected chi connectivity index (χ2v) is 8.00. The molecule has 0 saturated carbocycles. The monoisotopic (exact) mass is 425 g/mol. The molecule has 1 amide bonds. The van der Waals surface area contributed by atoms with E-state index >= 15 is 0 Å². The van der Waals surface area contributed by atoms with Gasteiger partial charge in [0.25, 0.3) is 0 Å². The first-order valence-corrected chi connectivity index (χ1v) is 10.2. The lowest BCUT2D eigenvalue weighted by Gasteiger charge is -2.16. The average molecular weight is 426 g/mol. The number of hydrogen-bond acceptors (Lipinski definition) is 5. The first kappa shape index (κ1) is 19.9. The molecule has 1 aromatic carbocycles. The number of nitrogens with zero attached hydrogens (tertiary/aromatic N) is 1. The Morgan fingerprint density at radius 1 is 1.44 bits per heavy atom. The number of thiocarbonyl (C=S) groups is 1. The molecule has 1 aliphatic heterocycles. The van der Waals surface area contributed by atoms with Crippen LogP contribution in [0.1, 0.15) is 28.9 Å². The Bertz CT molecular complexity index is 884. The van der Waals surface area contributed by atoms with E-state index in [2.05, 4.69) is 10.6 Å². The lowest BCUT2D eigenvalue weighted by molar-refractivity contribution is -0.127. The van der Waals surface area contributed by atoms with E-state index in [4.69, 9.17) is 28.6 Å². The largest absolute Gasteiger partial charge is 0.465 e. The summed E-state index contributed by atoms with van der Waals surface area (Å²) in [7, 11) is 1.33. The maximum Gasteiger partial charge on any atom is 0.349 e. The van der Waals surface area contributed by atoms with Crippen molar-refractivity contribution < 1.29 is 14.3 Å². The molecule has 0 spiro atoms. The molecule has 9 heteroatoms. The van der Waals surface area contributed by atoms with Gasteiger partial charge in [-0.05, 0) is 43.3 Å². The fourth-order valence-corrected chi connectivity index (χ4v) is 4.64. The van der Waals surface area contributed by atoms with Gasteiger partial charge in [-0.1, -0.05) is 11.6 Å². The number of likely N-dealkylation sites (tertiary alicyclic amines) is 1. The van der Waals surface area contributed by atoms with Crippen molar-refractivity contribution in [1.82, 2.24) is 10.2 Å².